The molecule has 0 saturated carbocycles. The number of nitro groups is 1. The molecule has 1 heterocycles. The number of nitro benzene ring substituents is 1. The molecule has 5 nitrogen and oxygen atoms in total. The first-order valence-electron chi connectivity index (χ1n) is 5.55. The molecule has 1 fully saturated rings. The minimum Gasteiger partial charge on any atom is -0.394 e. The largest absolute Gasteiger partial charge is 0.394 e. The molecule has 1 aliphatic heterocycles. The molecule has 0 spiro atoms. The molecule has 7 heteroatoms. The molecule has 1 N–H and O–H groups in total. The van der Waals surface area contributed by atoms with Crippen LogP contribution in [0.1, 0.15) is 12.8 Å². The fourth-order valence-electron chi connectivity index (χ4n) is 2.25. The van der Waals surface area contributed by atoms with Gasteiger partial charge in [-0.3, -0.25) is 10.1 Å². The second-order valence-corrected chi connectivity index (χ2v) is 4.19. The lowest BCUT2D eigenvalue weighted by Gasteiger charge is -2.25. The minimum atomic E-state index is -0.970. The van der Waals surface area contributed by atoms with E-state index in [1.165, 1.54) is 4.90 Å². The number of nitrogens with zero attached hydrogens (tertiary/aromatic N) is 2. The third-order valence-electron chi connectivity index (χ3n) is 3.09. The topological polar surface area (TPSA) is 66.6 Å². The molecule has 0 unspecified atom stereocenters. The summed E-state index contributed by atoms with van der Waals surface area (Å²) in [7, 11) is 0. The van der Waals surface area contributed by atoms with Crippen molar-refractivity contribution in [1.82, 2.24) is 0 Å². The van der Waals surface area contributed by atoms with Crippen LogP contribution in [-0.2, 0) is 0 Å². The van der Waals surface area contributed by atoms with Gasteiger partial charge in [-0.05, 0) is 12.8 Å². The van der Waals surface area contributed by atoms with Crippen molar-refractivity contribution in [2.75, 3.05) is 18.1 Å². The molecule has 2 rings (SSSR count). The fraction of sp³-hybridized carbons (Fsp3) is 0.455. The molecule has 1 saturated heterocycles. The summed E-state index contributed by atoms with van der Waals surface area (Å²) < 4.78 is 27.5. The van der Waals surface area contributed by atoms with Crippen molar-refractivity contribution in [1.29, 1.82) is 0 Å². The van der Waals surface area contributed by atoms with Gasteiger partial charge in [0.15, 0.2) is 11.6 Å². The Balaban J connectivity index is 2.42. The molecule has 0 bridgehead atoms. The van der Waals surface area contributed by atoms with Gasteiger partial charge < -0.3 is 10.0 Å². The summed E-state index contributed by atoms with van der Waals surface area (Å²) in [5, 5.41) is 19.6. The van der Waals surface area contributed by atoms with E-state index in [2.05, 4.69) is 0 Å². The van der Waals surface area contributed by atoms with Crippen molar-refractivity contribution in [3.05, 3.63) is 33.9 Å². The Bertz CT molecular complexity index is 458. The monoisotopic (exact) mass is 258 g/mol. The number of hydrogen-bond donors (Lipinski definition) is 1. The number of benzene rings is 1. The minimum absolute atomic E-state index is 0.199. The van der Waals surface area contributed by atoms with Crippen molar-refractivity contribution in [2.24, 2.45) is 0 Å². The van der Waals surface area contributed by atoms with Crippen LogP contribution in [0, 0.1) is 21.7 Å². The maximum atomic E-state index is 13.8. The Hall–Kier alpha value is -1.76. The number of non-ortho nitro benzene ring substituents is 1. The zero-order valence-corrected chi connectivity index (χ0v) is 9.47. The highest BCUT2D eigenvalue weighted by Crippen LogP contribution is 2.32. The lowest BCUT2D eigenvalue weighted by molar-refractivity contribution is -0.385. The summed E-state index contributed by atoms with van der Waals surface area (Å²) in [5.74, 6) is -1.94. The summed E-state index contributed by atoms with van der Waals surface area (Å²) in [6, 6.07) is 1.06. The van der Waals surface area contributed by atoms with Crippen molar-refractivity contribution in [3.63, 3.8) is 0 Å². The number of hydrogen-bond acceptors (Lipinski definition) is 4. The smallest absolute Gasteiger partial charge is 0.275 e. The van der Waals surface area contributed by atoms with Gasteiger partial charge in [-0.15, -0.1) is 0 Å². The molecular formula is C11H12F2N2O3. The number of anilines is 1. The summed E-state index contributed by atoms with van der Waals surface area (Å²) >= 11 is 0. The molecule has 98 valence electrons. The standard InChI is InChI=1S/C11H12F2N2O3/c12-9-4-8(15(17)18)5-10(13)11(9)14-3-1-2-7(14)6-16/h4-5,7,16H,1-3,6H2/t7-/m1/s1. The van der Waals surface area contributed by atoms with E-state index in [-0.39, 0.29) is 18.3 Å². The van der Waals surface area contributed by atoms with E-state index in [9.17, 15) is 18.9 Å². The summed E-state index contributed by atoms with van der Waals surface area (Å²) in [6.45, 7) is 0.229. The zero-order valence-electron chi connectivity index (χ0n) is 9.47. The number of rotatable bonds is 3. The molecule has 1 aromatic rings. The molecule has 0 aromatic heterocycles. The van der Waals surface area contributed by atoms with Gasteiger partial charge in [0.2, 0.25) is 0 Å². The van der Waals surface area contributed by atoms with Gasteiger partial charge in [-0.2, -0.15) is 0 Å². The van der Waals surface area contributed by atoms with Gasteiger partial charge in [-0.1, -0.05) is 0 Å². The number of aliphatic hydroxyl groups is 1. The normalized spacial score (nSPS) is 19.3. The maximum Gasteiger partial charge on any atom is 0.275 e. The fourth-order valence-corrected chi connectivity index (χ4v) is 2.25. The predicted molar refractivity (Wildman–Crippen MR) is 60.5 cm³/mol. The van der Waals surface area contributed by atoms with E-state index in [4.69, 9.17) is 5.11 Å². The van der Waals surface area contributed by atoms with Crippen molar-refractivity contribution in [3.8, 4) is 0 Å². The van der Waals surface area contributed by atoms with Crippen LogP contribution < -0.4 is 4.90 Å². The van der Waals surface area contributed by atoms with Crippen LogP contribution in [0.15, 0.2) is 12.1 Å². The highest BCUT2D eigenvalue weighted by Gasteiger charge is 2.30. The third-order valence-corrected chi connectivity index (χ3v) is 3.09. The van der Waals surface area contributed by atoms with E-state index in [1.54, 1.807) is 0 Å². The van der Waals surface area contributed by atoms with Crippen molar-refractivity contribution < 1.29 is 18.8 Å². The van der Waals surface area contributed by atoms with Crippen molar-refractivity contribution in [2.45, 2.75) is 18.9 Å². The molecule has 1 atom stereocenters. The Labute approximate surface area is 102 Å². The Morgan fingerprint density at radius 1 is 1.44 bits per heavy atom. The molecular weight excluding hydrogens is 246 g/mol. The van der Waals surface area contributed by atoms with E-state index in [0.29, 0.717) is 25.1 Å². The summed E-state index contributed by atoms with van der Waals surface area (Å²) in [5.41, 5.74) is -0.911. The number of aliphatic hydroxyl groups excluding tert-OH is 1. The van der Waals surface area contributed by atoms with Crippen LogP contribution in [-0.4, -0.2) is 29.2 Å². The second-order valence-electron chi connectivity index (χ2n) is 4.19. The first-order valence-corrected chi connectivity index (χ1v) is 5.55. The van der Waals surface area contributed by atoms with Crippen LogP contribution in [0.4, 0.5) is 20.2 Å². The van der Waals surface area contributed by atoms with Gasteiger partial charge in [-0.25, -0.2) is 8.78 Å². The van der Waals surface area contributed by atoms with E-state index < -0.39 is 22.2 Å². The molecule has 1 aromatic carbocycles. The predicted octanol–water partition coefficient (Wildman–Crippen LogP) is 1.83. The molecule has 0 aliphatic carbocycles. The van der Waals surface area contributed by atoms with Crippen LogP contribution in [0.5, 0.6) is 0 Å². The first kappa shape index (κ1) is 12.7. The average Bonchev–Trinajstić information content (AvgIpc) is 2.76. The summed E-state index contributed by atoms with van der Waals surface area (Å²) in [6.07, 6.45) is 1.37. The molecule has 18 heavy (non-hydrogen) atoms. The lowest BCUT2D eigenvalue weighted by Crippen LogP contribution is -2.33. The van der Waals surface area contributed by atoms with Gasteiger partial charge in [0.25, 0.3) is 5.69 Å². The number of halogens is 2. The van der Waals surface area contributed by atoms with Crippen LogP contribution >= 0.6 is 0 Å². The second kappa shape index (κ2) is 4.85. The lowest BCUT2D eigenvalue weighted by atomic mass is 10.2. The quantitative estimate of drug-likeness (QED) is 0.663. The van der Waals surface area contributed by atoms with E-state index in [0.717, 1.165) is 6.42 Å². The van der Waals surface area contributed by atoms with Crippen LogP contribution in [0.2, 0.25) is 0 Å². The highest BCUT2D eigenvalue weighted by atomic mass is 19.1. The van der Waals surface area contributed by atoms with Crippen molar-refractivity contribution >= 4 is 11.4 Å². The average molecular weight is 258 g/mol. The zero-order chi connectivity index (χ0) is 13.3. The highest BCUT2D eigenvalue weighted by molar-refractivity contribution is 5.55. The van der Waals surface area contributed by atoms with Gasteiger partial charge >= 0.3 is 0 Å². The SMILES string of the molecule is O=[N+]([O-])c1cc(F)c(N2CCC[C@@H]2CO)c(F)c1. The Morgan fingerprint density at radius 2 is 2.06 bits per heavy atom. The van der Waals surface area contributed by atoms with Gasteiger partial charge in [0.1, 0.15) is 5.69 Å². The maximum absolute atomic E-state index is 13.8. The van der Waals surface area contributed by atoms with E-state index >= 15 is 0 Å². The van der Waals surface area contributed by atoms with Crippen LogP contribution in [0.3, 0.4) is 0 Å². The Morgan fingerprint density at radius 3 is 2.56 bits per heavy atom. The van der Waals surface area contributed by atoms with Gasteiger partial charge in [0, 0.05) is 6.54 Å². The Kier molecular flexibility index (Phi) is 3.42. The first-order chi connectivity index (χ1) is 8.54. The summed E-state index contributed by atoms with van der Waals surface area (Å²) in [4.78, 5) is 11.1. The third kappa shape index (κ3) is 2.13. The van der Waals surface area contributed by atoms with Gasteiger partial charge in [0.05, 0.1) is 29.7 Å². The van der Waals surface area contributed by atoms with E-state index in [1.807, 2.05) is 0 Å². The molecule has 1 aliphatic rings. The van der Waals surface area contributed by atoms with Crippen LogP contribution in [0.25, 0.3) is 0 Å². The molecule has 0 radical (unpaired) electrons. The molecule has 0 amide bonds.